The molecule has 0 radical (unpaired) electrons. The van der Waals surface area contributed by atoms with Crippen LogP contribution in [0, 0.1) is 0 Å². The van der Waals surface area contributed by atoms with Crippen LogP contribution in [0.25, 0.3) is 278 Å². The summed E-state index contributed by atoms with van der Waals surface area (Å²) >= 11 is 22.6. The van der Waals surface area contributed by atoms with Crippen molar-refractivity contribution in [3.05, 3.63) is 367 Å². The Balaban J connectivity index is 0.0000000981. The number of benzene rings is 19. The first-order valence-corrected chi connectivity index (χ1v) is 44.5. The summed E-state index contributed by atoms with van der Waals surface area (Å²) in [5.74, 6) is 1.15. The molecule has 0 atom stereocenters. The van der Waals surface area contributed by atoms with Gasteiger partial charge in [0.1, 0.15) is 39.1 Å². The summed E-state index contributed by atoms with van der Waals surface area (Å²) in [6, 6.07) is 122. The number of fused-ring (bicyclic) bond motifs is 41. The number of hydrogen-bond donors (Lipinski definition) is 0. The Morgan fingerprint density at radius 2 is 0.651 bits per heavy atom. The van der Waals surface area contributed by atoms with Gasteiger partial charge >= 0.3 is 0 Å². The first-order valence-electron chi connectivity index (χ1n) is 42.5. The van der Waals surface area contributed by atoms with Crippen LogP contribution in [0.3, 0.4) is 0 Å². The zero-order valence-electron chi connectivity index (χ0n) is 67.7. The molecule has 0 unspecified atom stereocenters. The molecule has 19 aromatic carbocycles. The molecular formula is C112H58Cl3N9O4S. The number of hydrogen-bond acceptors (Lipinski definition) is 11. The zero-order chi connectivity index (χ0) is 84.7. The molecule has 0 amide bonds. The van der Waals surface area contributed by atoms with Gasteiger partial charge in [0.25, 0.3) is 0 Å². The zero-order valence-corrected chi connectivity index (χ0v) is 70.8. The smallest absolute Gasteiger partial charge is 0.248 e. The lowest BCUT2D eigenvalue weighted by Crippen LogP contribution is -2.01. The van der Waals surface area contributed by atoms with Crippen LogP contribution < -0.4 is 0 Å². The molecule has 11 heterocycles. The molecular weight excluding hydrogens is 1670 g/mol. The lowest BCUT2D eigenvalue weighted by atomic mass is 9.97. The van der Waals surface area contributed by atoms with E-state index >= 15 is 0 Å². The second kappa shape index (κ2) is 27.5. The number of nitrogens with zero attached hydrogens (tertiary/aromatic N) is 9. The third kappa shape index (κ3) is 10.5. The van der Waals surface area contributed by atoms with Gasteiger partial charge < -0.3 is 22.2 Å². The quantitative estimate of drug-likeness (QED) is 0.167. The summed E-state index contributed by atoms with van der Waals surface area (Å²) in [5, 5.41) is 30.9. The third-order valence-electron chi connectivity index (χ3n) is 26.0. The second-order valence-corrected chi connectivity index (χ2v) is 35.0. The minimum atomic E-state index is 0.292. The van der Waals surface area contributed by atoms with Crippen molar-refractivity contribution in [2.45, 2.75) is 0 Å². The van der Waals surface area contributed by atoms with Crippen LogP contribution in [-0.4, -0.2) is 43.6 Å². The lowest BCUT2D eigenvalue weighted by molar-refractivity contribution is 0.651. The Morgan fingerprint density at radius 3 is 1.21 bits per heavy atom. The van der Waals surface area contributed by atoms with Crippen molar-refractivity contribution in [1.29, 1.82) is 0 Å². The number of aromatic nitrogens is 9. The van der Waals surface area contributed by atoms with E-state index in [1.54, 1.807) is 0 Å². The van der Waals surface area contributed by atoms with Gasteiger partial charge in [-0.05, 0) is 162 Å². The standard InChI is InChI=1S/C42H22ClN3O2.C36H18ClN3O2.C34H18ClN3S/c43-41-37(45-42-38(44-41)30-17-6-8-19-33(30)48-42)25-12-9-13-26(20-25)46-32-18-7-5-16-29(32)35-27-14-3-4-15-28(27)36-31-21-23-10-1-2-11-24(23)22-34(31)47-40(36)39(35)46;37-34-35(39-36-31(38-34)24-14-6-8-16-27(24)42-36)40-26-15-7-5-13-23(26)29-21-11-3-4-12-22(21)30-25-17-19-9-1-2-10-20(19)18-28(25)41-33(30)32(29)40;35-33-34(37-25-15-7-6-14-24(25)36-33)38-26-16-8-5-13-23(26)28-21-11-3-4-12-22(21)30-29-20-10-2-1-9-19(20)17-18-27(29)39-32(30)31(28)38/h1-22H;1-18H;1-18H. The van der Waals surface area contributed by atoms with E-state index in [0.29, 0.717) is 55.2 Å². The Kier molecular flexibility index (Phi) is 15.4. The minimum Gasteiger partial charge on any atom is -0.454 e. The van der Waals surface area contributed by atoms with Gasteiger partial charge in [-0.3, -0.25) is 9.13 Å². The molecule has 0 aliphatic carbocycles. The number of halogens is 3. The molecule has 0 saturated heterocycles. The van der Waals surface area contributed by atoms with E-state index in [1.807, 2.05) is 102 Å². The first kappa shape index (κ1) is 72.3. The van der Waals surface area contributed by atoms with Crippen molar-refractivity contribution in [1.82, 2.24) is 43.6 Å². The van der Waals surface area contributed by atoms with Gasteiger partial charge in [-0.1, -0.05) is 290 Å². The van der Waals surface area contributed by atoms with Crippen LogP contribution in [0.2, 0.25) is 15.5 Å². The van der Waals surface area contributed by atoms with Gasteiger partial charge in [0.05, 0.1) is 48.8 Å². The van der Waals surface area contributed by atoms with E-state index in [0.717, 1.165) is 164 Å². The summed E-state index contributed by atoms with van der Waals surface area (Å²) in [7, 11) is 0. The predicted molar refractivity (Wildman–Crippen MR) is 534 cm³/mol. The molecule has 30 rings (SSSR count). The van der Waals surface area contributed by atoms with Crippen LogP contribution in [0.15, 0.2) is 370 Å². The molecule has 30 aromatic rings. The number of furan rings is 4. The maximum Gasteiger partial charge on any atom is 0.248 e. The van der Waals surface area contributed by atoms with E-state index in [9.17, 15) is 0 Å². The van der Waals surface area contributed by atoms with Crippen molar-refractivity contribution in [2.24, 2.45) is 0 Å². The van der Waals surface area contributed by atoms with Gasteiger partial charge in [0.15, 0.2) is 38.3 Å². The van der Waals surface area contributed by atoms with E-state index < -0.39 is 0 Å². The highest BCUT2D eigenvalue weighted by molar-refractivity contribution is 7.27. The first-order chi connectivity index (χ1) is 63.7. The Labute approximate surface area is 747 Å². The van der Waals surface area contributed by atoms with Crippen LogP contribution in [0.1, 0.15) is 0 Å². The predicted octanol–water partition coefficient (Wildman–Crippen LogP) is 32.4. The number of rotatable bonds is 4. The van der Waals surface area contributed by atoms with Gasteiger partial charge in [-0.25, -0.2) is 24.9 Å². The fraction of sp³-hybridized carbons (Fsp3) is 0. The highest BCUT2D eigenvalue weighted by atomic mass is 35.5. The van der Waals surface area contributed by atoms with Crippen LogP contribution >= 0.6 is 46.1 Å². The molecule has 17 heteroatoms. The molecule has 0 spiro atoms. The summed E-state index contributed by atoms with van der Waals surface area (Å²) in [6.45, 7) is 0. The average Bonchev–Trinajstić information content (AvgIpc) is 1.54. The molecule has 11 aromatic heterocycles. The largest absolute Gasteiger partial charge is 0.454 e. The maximum atomic E-state index is 7.01. The Hall–Kier alpha value is -16.1. The number of para-hydroxylation sites is 7. The van der Waals surface area contributed by atoms with Crippen LogP contribution in [0.4, 0.5) is 0 Å². The van der Waals surface area contributed by atoms with Gasteiger partial charge in [0.2, 0.25) is 11.4 Å². The normalized spacial score (nSPS) is 12.3. The average molecular weight is 1730 g/mol. The Bertz CT molecular complexity index is 10200. The van der Waals surface area contributed by atoms with Crippen molar-refractivity contribution >= 4 is 296 Å². The van der Waals surface area contributed by atoms with Crippen LogP contribution in [0.5, 0.6) is 0 Å². The fourth-order valence-corrected chi connectivity index (χ4v) is 22.5. The fourth-order valence-electron chi connectivity index (χ4n) is 20.6. The molecule has 602 valence electrons. The van der Waals surface area contributed by atoms with Crippen LogP contribution in [-0.2, 0) is 0 Å². The van der Waals surface area contributed by atoms with Crippen molar-refractivity contribution in [2.75, 3.05) is 0 Å². The molecule has 0 bridgehead atoms. The molecule has 129 heavy (non-hydrogen) atoms. The molecule has 0 N–H and O–H groups in total. The maximum absolute atomic E-state index is 7.01. The van der Waals surface area contributed by atoms with Gasteiger partial charge in [-0.15, -0.1) is 11.3 Å². The topological polar surface area (TPSA) is 145 Å². The summed E-state index contributed by atoms with van der Waals surface area (Å²) in [6.07, 6.45) is 0. The Morgan fingerprint density at radius 1 is 0.248 bits per heavy atom. The third-order valence-corrected chi connectivity index (χ3v) is 27.9. The molecule has 0 aliphatic heterocycles. The van der Waals surface area contributed by atoms with E-state index in [4.69, 9.17) is 82.4 Å². The number of thiophene rings is 1. The van der Waals surface area contributed by atoms with Crippen molar-refractivity contribution < 1.29 is 17.7 Å². The molecule has 13 nitrogen and oxygen atoms in total. The van der Waals surface area contributed by atoms with E-state index in [-0.39, 0.29) is 0 Å². The van der Waals surface area contributed by atoms with E-state index in [1.165, 1.54) is 74.0 Å². The van der Waals surface area contributed by atoms with Gasteiger partial charge in [-0.2, -0.15) is 4.98 Å². The van der Waals surface area contributed by atoms with E-state index in [2.05, 4.69) is 275 Å². The second-order valence-electron chi connectivity index (χ2n) is 32.9. The summed E-state index contributed by atoms with van der Waals surface area (Å²) in [5.41, 5.74) is 17.1. The molecule has 0 saturated carbocycles. The van der Waals surface area contributed by atoms with Crippen molar-refractivity contribution in [3.63, 3.8) is 0 Å². The monoisotopic (exact) mass is 1730 g/mol. The molecule has 0 fully saturated rings. The summed E-state index contributed by atoms with van der Waals surface area (Å²) in [4.78, 5) is 29.3. The highest BCUT2D eigenvalue weighted by Crippen LogP contribution is 2.53. The SMILES string of the molecule is Clc1nc2c(nc1-c1cccc(-n3c4ccccc4c4c5ccccc5c5c6cc7ccccc7cc6oc5c43)c1)oc1ccccc12.Clc1nc2c(nc1-n1c3ccccc3c3c4ccccc4c4c5cc6ccccc6cc5oc4c31)oc1ccccc12.Clc1nc2ccccc2nc1-n1c2ccccc2c2c3ccccc3c3c(sc4ccc5ccccc5c43)c21. The van der Waals surface area contributed by atoms with Crippen molar-refractivity contribution in [3.8, 4) is 28.6 Å². The van der Waals surface area contributed by atoms with Gasteiger partial charge in [0, 0.05) is 91.4 Å². The summed E-state index contributed by atoms with van der Waals surface area (Å²) < 4.78 is 35.1. The molecule has 0 aliphatic rings. The minimum absolute atomic E-state index is 0.292. The lowest BCUT2D eigenvalue weighted by Gasteiger charge is -2.11. The highest BCUT2D eigenvalue weighted by Gasteiger charge is 2.31.